The number of carbonyl (C=O) groups is 1. The van der Waals surface area contributed by atoms with E-state index in [-0.39, 0.29) is 5.91 Å². The van der Waals surface area contributed by atoms with Crippen molar-refractivity contribution in [1.29, 1.82) is 0 Å². The van der Waals surface area contributed by atoms with E-state index in [9.17, 15) is 4.79 Å². The van der Waals surface area contributed by atoms with E-state index in [4.69, 9.17) is 0 Å². The van der Waals surface area contributed by atoms with E-state index in [1.54, 1.807) is 22.8 Å². The molecule has 0 unspecified atom stereocenters. The number of carbonyl (C=O) groups excluding carboxylic acids is 1. The number of aromatic nitrogens is 4. The Morgan fingerprint density at radius 2 is 2.39 bits per heavy atom. The Bertz CT molecular complexity index is 703. The molecule has 3 aromatic heterocycles. The molecule has 0 aliphatic carbocycles. The van der Waals surface area contributed by atoms with Crippen LogP contribution >= 0.6 is 11.3 Å². The van der Waals surface area contributed by atoms with Crippen LogP contribution in [0.4, 0.5) is 5.95 Å². The molecule has 7 heteroatoms. The van der Waals surface area contributed by atoms with Crippen molar-refractivity contribution in [2.24, 2.45) is 0 Å². The van der Waals surface area contributed by atoms with Gasteiger partial charge in [0.05, 0.1) is 11.3 Å². The predicted molar refractivity (Wildman–Crippen MR) is 67.8 cm³/mol. The lowest BCUT2D eigenvalue weighted by Gasteiger charge is -1.99. The second kappa shape index (κ2) is 4.19. The highest BCUT2D eigenvalue weighted by atomic mass is 32.1. The van der Waals surface area contributed by atoms with Gasteiger partial charge in [0.25, 0.3) is 11.9 Å². The summed E-state index contributed by atoms with van der Waals surface area (Å²) < 4.78 is 1.70. The Hall–Kier alpha value is -2.28. The fourth-order valence-corrected chi connectivity index (χ4v) is 2.32. The summed E-state index contributed by atoms with van der Waals surface area (Å²) in [5.74, 6) is 0.0396. The van der Waals surface area contributed by atoms with Gasteiger partial charge in [-0.2, -0.15) is 4.98 Å². The molecule has 3 aromatic rings. The van der Waals surface area contributed by atoms with Crippen LogP contribution in [-0.4, -0.2) is 25.5 Å². The lowest BCUT2D eigenvalue weighted by molar-refractivity contribution is 0.102. The molecule has 1 N–H and O–H groups in total. The molecule has 90 valence electrons. The third kappa shape index (κ3) is 1.84. The van der Waals surface area contributed by atoms with Gasteiger partial charge < -0.3 is 0 Å². The summed E-state index contributed by atoms with van der Waals surface area (Å²) in [5, 5.41) is 8.81. The first kappa shape index (κ1) is 10.8. The van der Waals surface area contributed by atoms with Crippen molar-refractivity contribution >= 4 is 28.2 Å². The van der Waals surface area contributed by atoms with Crippen LogP contribution in [0.5, 0.6) is 0 Å². The number of pyridine rings is 1. The Balaban J connectivity index is 1.86. The van der Waals surface area contributed by atoms with E-state index in [0.717, 1.165) is 10.7 Å². The third-order valence-corrected chi connectivity index (χ3v) is 3.33. The zero-order valence-corrected chi connectivity index (χ0v) is 10.3. The van der Waals surface area contributed by atoms with E-state index < -0.39 is 0 Å². The molecule has 0 bridgehead atoms. The largest absolute Gasteiger partial charge is 0.289 e. The van der Waals surface area contributed by atoms with Gasteiger partial charge in [-0.1, -0.05) is 0 Å². The van der Waals surface area contributed by atoms with Crippen molar-refractivity contribution in [1.82, 2.24) is 19.6 Å². The normalized spacial score (nSPS) is 10.7. The molecule has 0 aliphatic rings. The van der Waals surface area contributed by atoms with Crippen molar-refractivity contribution in [2.75, 3.05) is 5.32 Å². The van der Waals surface area contributed by atoms with Crippen LogP contribution in [0.15, 0.2) is 29.9 Å². The summed E-state index contributed by atoms with van der Waals surface area (Å²) in [6.07, 6.45) is 3.12. The molecule has 3 rings (SSSR count). The standard InChI is InChI=1S/C11H9N5OS/c1-7-6-18-11-14-10(15-16(7)11)13-9(17)8-3-2-4-12-5-8/h2-6H,1H3,(H,13,15,17). The molecule has 0 atom stereocenters. The average molecular weight is 259 g/mol. The van der Waals surface area contributed by atoms with Gasteiger partial charge in [-0.05, 0) is 19.1 Å². The van der Waals surface area contributed by atoms with Gasteiger partial charge in [-0.25, -0.2) is 4.52 Å². The number of nitrogens with one attached hydrogen (secondary N) is 1. The molecule has 0 aliphatic heterocycles. The maximum Gasteiger partial charge on any atom is 0.259 e. The molecular formula is C11H9N5OS. The van der Waals surface area contributed by atoms with E-state index in [1.165, 1.54) is 17.5 Å². The SMILES string of the molecule is Cc1csc2nc(NC(=O)c3cccnc3)nn12. The van der Waals surface area contributed by atoms with Crippen LogP contribution in [0.1, 0.15) is 16.1 Å². The molecular weight excluding hydrogens is 250 g/mol. The van der Waals surface area contributed by atoms with Crippen LogP contribution in [0.3, 0.4) is 0 Å². The van der Waals surface area contributed by atoms with Gasteiger partial charge >= 0.3 is 0 Å². The highest BCUT2D eigenvalue weighted by molar-refractivity contribution is 7.15. The Morgan fingerprint density at radius 1 is 1.50 bits per heavy atom. The molecule has 18 heavy (non-hydrogen) atoms. The van der Waals surface area contributed by atoms with Crippen LogP contribution in [0.25, 0.3) is 4.96 Å². The van der Waals surface area contributed by atoms with Crippen LogP contribution in [0.2, 0.25) is 0 Å². The number of nitrogens with zero attached hydrogens (tertiary/aromatic N) is 4. The molecule has 0 saturated carbocycles. The Morgan fingerprint density at radius 3 is 3.11 bits per heavy atom. The number of rotatable bonds is 2. The first-order chi connectivity index (χ1) is 8.74. The zero-order chi connectivity index (χ0) is 12.5. The highest BCUT2D eigenvalue weighted by Gasteiger charge is 2.11. The number of aryl methyl sites for hydroxylation is 1. The molecule has 0 aromatic carbocycles. The summed E-state index contributed by atoms with van der Waals surface area (Å²) in [6, 6.07) is 3.39. The van der Waals surface area contributed by atoms with Gasteiger partial charge in [-0.3, -0.25) is 15.1 Å². The molecule has 1 amide bonds. The van der Waals surface area contributed by atoms with Crippen molar-refractivity contribution in [3.63, 3.8) is 0 Å². The molecule has 0 radical (unpaired) electrons. The summed E-state index contributed by atoms with van der Waals surface area (Å²) in [4.78, 5) is 20.7. The predicted octanol–water partition coefficient (Wildman–Crippen LogP) is 1.75. The maximum absolute atomic E-state index is 11.9. The van der Waals surface area contributed by atoms with Gasteiger partial charge in [-0.15, -0.1) is 16.4 Å². The first-order valence-electron chi connectivity index (χ1n) is 5.26. The second-order valence-corrected chi connectivity index (χ2v) is 4.54. The summed E-state index contributed by atoms with van der Waals surface area (Å²) in [5.41, 5.74) is 1.47. The third-order valence-electron chi connectivity index (χ3n) is 2.40. The second-order valence-electron chi connectivity index (χ2n) is 3.70. The van der Waals surface area contributed by atoms with Gasteiger partial charge in [0.1, 0.15) is 0 Å². The molecule has 0 spiro atoms. The topological polar surface area (TPSA) is 72.2 Å². The quantitative estimate of drug-likeness (QED) is 0.761. The van der Waals surface area contributed by atoms with Crippen molar-refractivity contribution in [2.45, 2.75) is 6.92 Å². The minimum atomic E-state index is -0.265. The maximum atomic E-state index is 11.9. The molecule has 0 fully saturated rings. The van der Waals surface area contributed by atoms with Gasteiger partial charge in [0.15, 0.2) is 0 Å². The Labute approximate surface area is 106 Å². The monoisotopic (exact) mass is 259 g/mol. The van der Waals surface area contributed by atoms with Crippen LogP contribution < -0.4 is 5.32 Å². The van der Waals surface area contributed by atoms with Crippen LogP contribution in [0, 0.1) is 6.92 Å². The number of fused-ring (bicyclic) bond motifs is 1. The highest BCUT2D eigenvalue weighted by Crippen LogP contribution is 2.15. The first-order valence-corrected chi connectivity index (χ1v) is 6.14. The van der Waals surface area contributed by atoms with E-state index in [2.05, 4.69) is 20.4 Å². The minimum Gasteiger partial charge on any atom is -0.289 e. The number of hydrogen-bond donors (Lipinski definition) is 1. The summed E-state index contributed by atoms with van der Waals surface area (Å²) in [7, 11) is 0. The summed E-state index contributed by atoms with van der Waals surface area (Å²) in [6.45, 7) is 1.94. The van der Waals surface area contributed by atoms with E-state index in [0.29, 0.717) is 11.5 Å². The number of hydrogen-bond acceptors (Lipinski definition) is 5. The van der Waals surface area contributed by atoms with Gasteiger partial charge in [0.2, 0.25) is 4.96 Å². The zero-order valence-electron chi connectivity index (χ0n) is 9.49. The number of thiazole rings is 1. The minimum absolute atomic E-state index is 0.265. The number of anilines is 1. The van der Waals surface area contributed by atoms with Crippen molar-refractivity contribution < 1.29 is 4.79 Å². The van der Waals surface area contributed by atoms with E-state index >= 15 is 0 Å². The van der Waals surface area contributed by atoms with Gasteiger partial charge in [0, 0.05) is 17.8 Å². The summed E-state index contributed by atoms with van der Waals surface area (Å²) >= 11 is 1.48. The fourth-order valence-electron chi connectivity index (χ4n) is 1.52. The molecule has 6 nitrogen and oxygen atoms in total. The lowest BCUT2D eigenvalue weighted by Crippen LogP contribution is -2.13. The van der Waals surface area contributed by atoms with Crippen molar-refractivity contribution in [3.8, 4) is 0 Å². The number of amides is 1. The molecule has 3 heterocycles. The Kier molecular flexibility index (Phi) is 2.52. The van der Waals surface area contributed by atoms with E-state index in [1.807, 2.05) is 12.3 Å². The van der Waals surface area contributed by atoms with Crippen LogP contribution in [-0.2, 0) is 0 Å². The van der Waals surface area contributed by atoms with Crippen molar-refractivity contribution in [3.05, 3.63) is 41.2 Å². The lowest BCUT2D eigenvalue weighted by atomic mass is 10.3. The smallest absolute Gasteiger partial charge is 0.259 e. The molecule has 0 saturated heterocycles. The average Bonchev–Trinajstić information content (AvgIpc) is 2.93. The fraction of sp³-hybridized carbons (Fsp3) is 0.0909.